The van der Waals surface area contributed by atoms with Gasteiger partial charge in [-0.05, 0) is 0 Å². The first kappa shape index (κ1) is 17.9. The van der Waals surface area contributed by atoms with Crippen LogP contribution in [0, 0.1) is 19.7 Å². The SMILES string of the molecule is CC#[C][Sn]1([C]#CC)[N](C(C)(C)C)CCC[N]1C(C)(C)C. The van der Waals surface area contributed by atoms with E-state index >= 15 is 0 Å². The van der Waals surface area contributed by atoms with Crippen molar-refractivity contribution in [3.63, 3.8) is 0 Å². The third-order valence-corrected chi connectivity index (χ3v) is 16.7. The molecule has 112 valence electrons. The number of hydrogen-bond donors (Lipinski definition) is 0. The molecular formula is C17H30N2Sn. The summed E-state index contributed by atoms with van der Waals surface area (Å²) < 4.78 is 12.6. The minimum absolute atomic E-state index is 0.133. The Labute approximate surface area is 130 Å². The van der Waals surface area contributed by atoms with Gasteiger partial charge in [-0.2, -0.15) is 0 Å². The molecular weight excluding hydrogens is 351 g/mol. The molecule has 0 aromatic carbocycles. The zero-order valence-corrected chi connectivity index (χ0v) is 17.4. The first-order valence-corrected chi connectivity index (χ1v) is 12.9. The summed E-state index contributed by atoms with van der Waals surface area (Å²) in [5, 5.41) is 0. The molecule has 1 rings (SSSR count). The van der Waals surface area contributed by atoms with Crippen molar-refractivity contribution in [3.05, 3.63) is 0 Å². The zero-order valence-electron chi connectivity index (χ0n) is 14.5. The van der Waals surface area contributed by atoms with Gasteiger partial charge in [0.1, 0.15) is 0 Å². The van der Waals surface area contributed by atoms with Gasteiger partial charge in [-0.25, -0.2) is 0 Å². The molecule has 0 aromatic heterocycles. The average Bonchev–Trinajstić information content (AvgIpc) is 2.26. The van der Waals surface area contributed by atoms with Gasteiger partial charge in [0, 0.05) is 0 Å². The van der Waals surface area contributed by atoms with Crippen LogP contribution in [0.3, 0.4) is 0 Å². The fraction of sp³-hybridized carbons (Fsp3) is 0.765. The van der Waals surface area contributed by atoms with Gasteiger partial charge in [-0.15, -0.1) is 0 Å². The monoisotopic (exact) mass is 382 g/mol. The van der Waals surface area contributed by atoms with Crippen LogP contribution in [0.4, 0.5) is 0 Å². The molecule has 1 heterocycles. The molecule has 0 spiro atoms. The van der Waals surface area contributed by atoms with Gasteiger partial charge < -0.3 is 0 Å². The molecule has 0 unspecified atom stereocenters. The molecule has 0 saturated carbocycles. The standard InChI is InChI=1S/C11H24N2.2C3H3.Sn/c1-10(2,3)12-8-7-9-13-11(4,5)6;2*1-3-2;/h7-9H2,1-6H3;2*1H3;/q-2;;;+2. The molecule has 0 atom stereocenters. The Morgan fingerprint density at radius 2 is 1.10 bits per heavy atom. The van der Waals surface area contributed by atoms with Crippen LogP contribution in [-0.4, -0.2) is 49.3 Å². The quantitative estimate of drug-likeness (QED) is 0.470. The maximum absolute atomic E-state index is 3.65. The van der Waals surface area contributed by atoms with Crippen molar-refractivity contribution in [2.75, 3.05) is 13.1 Å². The molecule has 0 amide bonds. The Bertz CT molecular complexity index is 416. The maximum atomic E-state index is 3.65. The van der Waals surface area contributed by atoms with E-state index in [0.29, 0.717) is 0 Å². The van der Waals surface area contributed by atoms with Crippen LogP contribution in [0.25, 0.3) is 0 Å². The predicted octanol–water partition coefficient (Wildman–Crippen LogP) is 3.16. The second-order valence-corrected chi connectivity index (χ2v) is 15.8. The minimum atomic E-state index is -3.19. The van der Waals surface area contributed by atoms with E-state index in [0.717, 1.165) is 13.1 Å². The van der Waals surface area contributed by atoms with E-state index in [1.54, 1.807) is 0 Å². The molecule has 2 nitrogen and oxygen atoms in total. The Morgan fingerprint density at radius 1 is 0.750 bits per heavy atom. The van der Waals surface area contributed by atoms with Crippen molar-refractivity contribution in [2.24, 2.45) is 0 Å². The Hall–Kier alpha value is -0.161. The number of hydrogen-bond acceptors (Lipinski definition) is 2. The third kappa shape index (κ3) is 3.53. The van der Waals surface area contributed by atoms with E-state index in [-0.39, 0.29) is 11.1 Å². The summed E-state index contributed by atoms with van der Waals surface area (Å²) in [5.41, 5.74) is 0.265. The van der Waals surface area contributed by atoms with E-state index in [1.807, 2.05) is 13.8 Å². The van der Waals surface area contributed by atoms with Crippen LogP contribution in [0.2, 0.25) is 0 Å². The molecule has 0 aromatic rings. The van der Waals surface area contributed by atoms with Crippen molar-refractivity contribution >= 4 is 18.9 Å². The molecule has 1 saturated heterocycles. The molecule has 0 radical (unpaired) electrons. The summed E-state index contributed by atoms with van der Waals surface area (Å²) in [7, 11) is 0. The van der Waals surface area contributed by atoms with Crippen LogP contribution in [-0.2, 0) is 0 Å². The summed E-state index contributed by atoms with van der Waals surface area (Å²) in [6.07, 6.45) is 1.21. The predicted molar refractivity (Wildman–Crippen MR) is 90.2 cm³/mol. The van der Waals surface area contributed by atoms with Gasteiger partial charge in [-0.1, -0.05) is 0 Å². The topological polar surface area (TPSA) is 6.48 Å². The Kier molecular flexibility index (Phi) is 5.64. The Morgan fingerprint density at radius 3 is 1.35 bits per heavy atom. The van der Waals surface area contributed by atoms with E-state index in [1.165, 1.54) is 6.42 Å². The van der Waals surface area contributed by atoms with E-state index in [9.17, 15) is 0 Å². The first-order valence-electron chi connectivity index (χ1n) is 7.53. The van der Waals surface area contributed by atoms with Crippen molar-refractivity contribution in [2.45, 2.75) is 72.9 Å². The second-order valence-electron chi connectivity index (χ2n) is 7.42. The zero-order chi connectivity index (χ0) is 15.6. The summed E-state index contributed by atoms with van der Waals surface area (Å²) in [4.78, 5) is 0. The van der Waals surface area contributed by atoms with Crippen molar-refractivity contribution < 1.29 is 0 Å². The molecule has 0 aliphatic carbocycles. The van der Waals surface area contributed by atoms with Crippen LogP contribution < -0.4 is 0 Å². The second kappa shape index (κ2) is 6.30. The summed E-state index contributed by atoms with van der Waals surface area (Å²) >= 11 is -3.19. The van der Waals surface area contributed by atoms with Gasteiger partial charge >= 0.3 is 131 Å². The van der Waals surface area contributed by atoms with Crippen LogP contribution in [0.1, 0.15) is 61.8 Å². The van der Waals surface area contributed by atoms with Crippen molar-refractivity contribution in [3.8, 4) is 19.7 Å². The summed E-state index contributed by atoms with van der Waals surface area (Å²) in [6, 6.07) is 0. The Balaban J connectivity index is 3.51. The summed E-state index contributed by atoms with van der Waals surface area (Å²) in [6.45, 7) is 20.0. The molecule has 0 bridgehead atoms. The fourth-order valence-corrected chi connectivity index (χ4v) is 16.0. The fourth-order valence-electron chi connectivity index (χ4n) is 3.15. The summed E-state index contributed by atoms with van der Waals surface area (Å²) in [5.74, 6) is 6.45. The number of rotatable bonds is 0. The van der Waals surface area contributed by atoms with Gasteiger partial charge in [0.15, 0.2) is 0 Å². The molecule has 1 aliphatic rings. The van der Waals surface area contributed by atoms with E-state index in [4.69, 9.17) is 0 Å². The first-order chi connectivity index (χ1) is 9.09. The van der Waals surface area contributed by atoms with Crippen LogP contribution in [0.5, 0.6) is 0 Å². The molecule has 3 heteroatoms. The normalized spacial score (nSPS) is 20.6. The van der Waals surface area contributed by atoms with Gasteiger partial charge in [0.2, 0.25) is 0 Å². The molecule has 0 N–H and O–H groups in total. The number of nitrogens with zero attached hydrogens (tertiary/aromatic N) is 2. The molecule has 20 heavy (non-hydrogen) atoms. The van der Waals surface area contributed by atoms with Gasteiger partial charge in [-0.3, -0.25) is 0 Å². The van der Waals surface area contributed by atoms with Crippen molar-refractivity contribution in [1.29, 1.82) is 0 Å². The average molecular weight is 381 g/mol. The molecule has 1 fully saturated rings. The van der Waals surface area contributed by atoms with Gasteiger partial charge in [0.05, 0.1) is 0 Å². The van der Waals surface area contributed by atoms with Crippen LogP contribution >= 0.6 is 0 Å². The third-order valence-electron chi connectivity index (χ3n) is 3.76. The van der Waals surface area contributed by atoms with Crippen LogP contribution in [0.15, 0.2) is 0 Å². The van der Waals surface area contributed by atoms with E-state index in [2.05, 4.69) is 67.5 Å². The van der Waals surface area contributed by atoms with Gasteiger partial charge in [0.25, 0.3) is 0 Å². The van der Waals surface area contributed by atoms with Crippen molar-refractivity contribution in [1.82, 2.24) is 6.24 Å². The molecule has 1 aliphatic heterocycles. The van der Waals surface area contributed by atoms with E-state index < -0.39 is 18.9 Å².